The summed E-state index contributed by atoms with van der Waals surface area (Å²) in [7, 11) is 0. The number of halogens is 1. The van der Waals surface area contributed by atoms with Crippen LogP contribution in [0.1, 0.15) is 17.2 Å². The lowest BCUT2D eigenvalue weighted by atomic mass is 10.1. The Bertz CT molecular complexity index is 511. The molecule has 0 aliphatic heterocycles. The molecule has 3 heteroatoms. The number of hydrogen-bond acceptors (Lipinski definition) is 2. The summed E-state index contributed by atoms with van der Waals surface area (Å²) in [5, 5.41) is 9.91. The number of benzene rings is 2. The molecular weight excluding hydrogens is 231 g/mol. The predicted molar refractivity (Wildman–Crippen MR) is 68.0 cm³/mol. The van der Waals surface area contributed by atoms with Crippen molar-refractivity contribution in [2.45, 2.75) is 13.0 Å². The third kappa shape index (κ3) is 3.08. The van der Waals surface area contributed by atoms with Gasteiger partial charge in [-0.3, -0.25) is 0 Å². The third-order valence-electron chi connectivity index (χ3n) is 2.73. The van der Waals surface area contributed by atoms with Crippen LogP contribution in [0.3, 0.4) is 0 Å². The second kappa shape index (κ2) is 5.65. The highest BCUT2D eigenvalue weighted by molar-refractivity contribution is 5.25. The van der Waals surface area contributed by atoms with Crippen LogP contribution in [0.25, 0.3) is 0 Å². The lowest BCUT2D eigenvalue weighted by Crippen LogP contribution is -2.10. The summed E-state index contributed by atoms with van der Waals surface area (Å²) in [5.41, 5.74) is 1.09. The second-order valence-corrected chi connectivity index (χ2v) is 4.15. The van der Waals surface area contributed by atoms with Gasteiger partial charge in [0.05, 0.1) is 0 Å². The molecule has 0 fully saturated rings. The summed E-state index contributed by atoms with van der Waals surface area (Å²) in [6.45, 7) is 1.79. The van der Waals surface area contributed by atoms with Gasteiger partial charge in [-0.2, -0.15) is 0 Å². The molecule has 0 radical (unpaired) electrons. The van der Waals surface area contributed by atoms with Gasteiger partial charge in [0.1, 0.15) is 24.3 Å². The molecule has 2 aromatic rings. The topological polar surface area (TPSA) is 29.5 Å². The molecule has 94 valence electrons. The minimum atomic E-state index is -0.833. The number of aryl methyl sites for hydroxylation is 1. The van der Waals surface area contributed by atoms with E-state index in [9.17, 15) is 9.50 Å². The zero-order valence-corrected chi connectivity index (χ0v) is 10.1. The van der Waals surface area contributed by atoms with Crippen LogP contribution in [0.15, 0.2) is 48.5 Å². The predicted octanol–water partition coefficient (Wildman–Crippen LogP) is 3.25. The summed E-state index contributed by atoms with van der Waals surface area (Å²) >= 11 is 0. The van der Waals surface area contributed by atoms with Crippen molar-refractivity contribution in [3.63, 3.8) is 0 Å². The van der Waals surface area contributed by atoms with E-state index in [1.807, 2.05) is 30.3 Å². The van der Waals surface area contributed by atoms with Crippen LogP contribution in [0.2, 0.25) is 0 Å². The fourth-order valence-corrected chi connectivity index (χ4v) is 1.60. The van der Waals surface area contributed by atoms with Gasteiger partial charge in [0.2, 0.25) is 0 Å². The number of hydrogen-bond donors (Lipinski definition) is 1. The highest BCUT2D eigenvalue weighted by atomic mass is 19.1. The average Bonchev–Trinajstić information content (AvgIpc) is 2.40. The van der Waals surface area contributed by atoms with E-state index in [1.165, 1.54) is 6.07 Å². The third-order valence-corrected chi connectivity index (χ3v) is 2.73. The molecule has 2 nitrogen and oxygen atoms in total. The first-order valence-electron chi connectivity index (χ1n) is 5.79. The molecule has 1 unspecified atom stereocenters. The van der Waals surface area contributed by atoms with Gasteiger partial charge in [-0.15, -0.1) is 0 Å². The maximum atomic E-state index is 13.4. The van der Waals surface area contributed by atoms with Gasteiger partial charge in [-0.05, 0) is 36.2 Å². The Balaban J connectivity index is 1.99. The molecule has 0 bridgehead atoms. The Morgan fingerprint density at radius 3 is 2.56 bits per heavy atom. The van der Waals surface area contributed by atoms with E-state index < -0.39 is 6.10 Å². The second-order valence-electron chi connectivity index (χ2n) is 4.15. The Morgan fingerprint density at radius 2 is 1.89 bits per heavy atom. The number of aliphatic hydroxyl groups excluding tert-OH is 1. The Hall–Kier alpha value is -1.87. The normalized spacial score (nSPS) is 12.2. The number of para-hydroxylation sites is 1. The molecular formula is C15H15FO2. The van der Waals surface area contributed by atoms with Crippen LogP contribution >= 0.6 is 0 Å². The Morgan fingerprint density at radius 1 is 1.17 bits per heavy atom. The maximum Gasteiger partial charge on any atom is 0.126 e. The molecule has 2 aromatic carbocycles. The SMILES string of the molecule is Cc1ccc(C(O)COc2ccccc2)cc1F. The first-order valence-corrected chi connectivity index (χ1v) is 5.79. The highest BCUT2D eigenvalue weighted by Crippen LogP contribution is 2.18. The Kier molecular flexibility index (Phi) is 3.95. The van der Waals surface area contributed by atoms with Gasteiger partial charge in [0, 0.05) is 0 Å². The molecule has 0 saturated carbocycles. The highest BCUT2D eigenvalue weighted by Gasteiger charge is 2.10. The van der Waals surface area contributed by atoms with E-state index >= 15 is 0 Å². The van der Waals surface area contributed by atoms with E-state index in [4.69, 9.17) is 4.74 Å². The van der Waals surface area contributed by atoms with Gasteiger partial charge in [-0.1, -0.05) is 30.3 Å². The molecule has 1 N–H and O–H groups in total. The van der Waals surface area contributed by atoms with Crippen LogP contribution in [-0.4, -0.2) is 11.7 Å². The smallest absolute Gasteiger partial charge is 0.126 e. The van der Waals surface area contributed by atoms with Crippen molar-refractivity contribution in [1.29, 1.82) is 0 Å². The van der Waals surface area contributed by atoms with Crippen LogP contribution in [0.4, 0.5) is 4.39 Å². The quantitative estimate of drug-likeness (QED) is 0.897. The number of rotatable bonds is 4. The first-order chi connectivity index (χ1) is 8.66. The van der Waals surface area contributed by atoms with E-state index in [0.29, 0.717) is 16.9 Å². The summed E-state index contributed by atoms with van der Waals surface area (Å²) in [6.07, 6.45) is -0.833. The molecule has 0 amide bonds. The van der Waals surface area contributed by atoms with Crippen molar-refractivity contribution in [2.24, 2.45) is 0 Å². The van der Waals surface area contributed by atoms with E-state index in [2.05, 4.69) is 0 Å². The maximum absolute atomic E-state index is 13.4. The summed E-state index contributed by atoms with van der Waals surface area (Å²) in [5.74, 6) is 0.371. The lowest BCUT2D eigenvalue weighted by molar-refractivity contribution is 0.108. The molecule has 0 aliphatic rings. The van der Waals surface area contributed by atoms with Gasteiger partial charge in [0.15, 0.2) is 0 Å². The summed E-state index contributed by atoms with van der Waals surface area (Å²) < 4.78 is 18.8. The average molecular weight is 246 g/mol. The zero-order valence-electron chi connectivity index (χ0n) is 10.1. The van der Waals surface area contributed by atoms with E-state index in [0.717, 1.165) is 0 Å². The molecule has 0 aliphatic carbocycles. The van der Waals surface area contributed by atoms with Crippen LogP contribution in [0, 0.1) is 12.7 Å². The Labute approximate surface area is 106 Å². The fraction of sp³-hybridized carbons (Fsp3) is 0.200. The largest absolute Gasteiger partial charge is 0.491 e. The molecule has 0 saturated heterocycles. The number of ether oxygens (including phenoxy) is 1. The standard InChI is InChI=1S/C15H15FO2/c1-11-7-8-12(9-14(11)16)15(17)10-18-13-5-3-2-4-6-13/h2-9,15,17H,10H2,1H3. The summed E-state index contributed by atoms with van der Waals surface area (Å²) in [4.78, 5) is 0. The van der Waals surface area contributed by atoms with Gasteiger partial charge in [0.25, 0.3) is 0 Å². The molecule has 2 rings (SSSR count). The molecule has 1 atom stereocenters. The van der Waals surface area contributed by atoms with E-state index in [-0.39, 0.29) is 12.4 Å². The van der Waals surface area contributed by atoms with Gasteiger partial charge >= 0.3 is 0 Å². The molecule has 18 heavy (non-hydrogen) atoms. The minimum Gasteiger partial charge on any atom is -0.491 e. The van der Waals surface area contributed by atoms with Crippen molar-refractivity contribution in [1.82, 2.24) is 0 Å². The molecule has 0 spiro atoms. The first kappa shape index (κ1) is 12.6. The van der Waals surface area contributed by atoms with Crippen LogP contribution < -0.4 is 4.74 Å². The number of aliphatic hydroxyl groups is 1. The van der Waals surface area contributed by atoms with Gasteiger partial charge < -0.3 is 9.84 Å². The van der Waals surface area contributed by atoms with Crippen LogP contribution in [-0.2, 0) is 0 Å². The molecule has 0 heterocycles. The minimum absolute atomic E-state index is 0.104. The van der Waals surface area contributed by atoms with Crippen molar-refractivity contribution < 1.29 is 14.2 Å². The van der Waals surface area contributed by atoms with Crippen molar-refractivity contribution in [3.05, 3.63) is 65.5 Å². The lowest BCUT2D eigenvalue weighted by Gasteiger charge is -2.13. The fourth-order valence-electron chi connectivity index (χ4n) is 1.60. The monoisotopic (exact) mass is 246 g/mol. The van der Waals surface area contributed by atoms with Crippen LogP contribution in [0.5, 0.6) is 5.75 Å². The van der Waals surface area contributed by atoms with Crippen molar-refractivity contribution in [2.75, 3.05) is 6.61 Å². The molecule has 0 aromatic heterocycles. The van der Waals surface area contributed by atoms with Crippen molar-refractivity contribution in [3.8, 4) is 5.75 Å². The van der Waals surface area contributed by atoms with Gasteiger partial charge in [-0.25, -0.2) is 4.39 Å². The summed E-state index contributed by atoms with van der Waals surface area (Å²) in [6, 6.07) is 13.9. The van der Waals surface area contributed by atoms with E-state index in [1.54, 1.807) is 19.1 Å². The van der Waals surface area contributed by atoms with Crippen molar-refractivity contribution >= 4 is 0 Å². The zero-order chi connectivity index (χ0) is 13.0.